The molecular formula is C13H23FN4. The van der Waals surface area contributed by atoms with Gasteiger partial charge in [0.15, 0.2) is 0 Å². The number of halogens is 1. The molecule has 0 fully saturated rings. The molecule has 1 aromatic heterocycles. The van der Waals surface area contributed by atoms with Gasteiger partial charge in [0.2, 0.25) is 0 Å². The zero-order chi connectivity index (χ0) is 14.3. The Morgan fingerprint density at radius 1 is 1.33 bits per heavy atom. The average molecular weight is 254 g/mol. The van der Waals surface area contributed by atoms with E-state index in [4.69, 9.17) is 10.8 Å². The van der Waals surface area contributed by atoms with Crippen LogP contribution in [0.4, 0.5) is 4.39 Å². The van der Waals surface area contributed by atoms with Crippen molar-refractivity contribution in [1.82, 2.24) is 9.47 Å². The minimum absolute atomic E-state index is 0.109. The van der Waals surface area contributed by atoms with Crippen LogP contribution in [0.1, 0.15) is 20.8 Å². The maximum Gasteiger partial charge on any atom is 0.139 e. The molecule has 0 amide bonds. The number of likely N-dealkylation sites (N-methyl/N-ethyl adjacent to an activating group) is 1. The van der Waals surface area contributed by atoms with Crippen LogP contribution < -0.4 is 5.49 Å². The van der Waals surface area contributed by atoms with Crippen LogP contribution in [0.3, 0.4) is 0 Å². The molecular weight excluding hydrogens is 231 g/mol. The first kappa shape index (κ1) is 16.5. The van der Waals surface area contributed by atoms with Crippen molar-refractivity contribution in [1.29, 1.82) is 10.8 Å². The zero-order valence-electron chi connectivity index (χ0n) is 11.8. The Morgan fingerprint density at radius 2 is 1.83 bits per heavy atom. The minimum atomic E-state index is -0.440. The van der Waals surface area contributed by atoms with Crippen molar-refractivity contribution in [2.45, 2.75) is 20.8 Å². The number of aromatic nitrogens is 1. The topological polar surface area (TPSA) is 55.9 Å². The zero-order valence-corrected chi connectivity index (χ0v) is 11.8. The van der Waals surface area contributed by atoms with Crippen molar-refractivity contribution < 1.29 is 4.39 Å². The second-order valence-corrected chi connectivity index (χ2v) is 5.02. The lowest BCUT2D eigenvalue weighted by Crippen LogP contribution is -2.33. The van der Waals surface area contributed by atoms with Crippen LogP contribution in [0.2, 0.25) is 0 Å². The van der Waals surface area contributed by atoms with Crippen LogP contribution in [-0.4, -0.2) is 35.9 Å². The third kappa shape index (κ3) is 6.96. The van der Waals surface area contributed by atoms with Crippen LogP contribution in [0, 0.1) is 22.6 Å². The van der Waals surface area contributed by atoms with Crippen LogP contribution in [0.5, 0.6) is 0 Å². The Kier molecular flexibility index (Phi) is 7.12. The first-order valence-corrected chi connectivity index (χ1v) is 5.89. The predicted molar refractivity (Wildman–Crippen MR) is 72.4 cm³/mol. The first-order chi connectivity index (χ1) is 8.23. The fraction of sp³-hybridized carbons (Fsp3) is 0.538. The molecule has 1 rings (SSSR count). The molecule has 102 valence electrons. The quantitative estimate of drug-likeness (QED) is 0.616. The molecule has 4 nitrogen and oxygen atoms in total. The number of hydrogen-bond donors (Lipinski definition) is 2. The highest BCUT2D eigenvalue weighted by atomic mass is 19.1. The van der Waals surface area contributed by atoms with Gasteiger partial charge >= 0.3 is 0 Å². The number of hydrogen-bond acceptors (Lipinski definition) is 3. The molecule has 2 N–H and O–H groups in total. The molecule has 0 aromatic carbocycles. The lowest BCUT2D eigenvalue weighted by molar-refractivity contribution is 0.463. The summed E-state index contributed by atoms with van der Waals surface area (Å²) in [5.74, 6) is 0.573. The fourth-order valence-corrected chi connectivity index (χ4v) is 1.07. The van der Waals surface area contributed by atoms with Crippen molar-refractivity contribution in [3.63, 3.8) is 0 Å². The van der Waals surface area contributed by atoms with E-state index in [1.165, 1.54) is 16.7 Å². The molecule has 0 aliphatic rings. The van der Waals surface area contributed by atoms with Gasteiger partial charge in [0.25, 0.3) is 0 Å². The predicted octanol–water partition coefficient (Wildman–Crippen LogP) is 2.16. The highest BCUT2D eigenvalue weighted by molar-refractivity contribution is 5.83. The third-order valence-corrected chi connectivity index (χ3v) is 1.67. The van der Waals surface area contributed by atoms with Crippen LogP contribution >= 0.6 is 0 Å². The summed E-state index contributed by atoms with van der Waals surface area (Å²) in [4.78, 5) is 1.79. The number of nitrogens with zero attached hydrogens (tertiary/aromatic N) is 2. The molecule has 5 heteroatoms. The molecule has 0 saturated carbocycles. The van der Waals surface area contributed by atoms with Crippen molar-refractivity contribution in [2.75, 3.05) is 20.6 Å². The van der Waals surface area contributed by atoms with Gasteiger partial charge in [-0.05, 0) is 32.1 Å². The summed E-state index contributed by atoms with van der Waals surface area (Å²) in [6.07, 6.45) is 1.15. The Labute approximate surface area is 108 Å². The summed E-state index contributed by atoms with van der Waals surface area (Å²) < 4.78 is 14.0. The van der Waals surface area contributed by atoms with E-state index in [-0.39, 0.29) is 11.3 Å². The largest absolute Gasteiger partial charge is 0.302 e. The van der Waals surface area contributed by atoms with Gasteiger partial charge in [-0.1, -0.05) is 20.8 Å². The Hall–Kier alpha value is -1.49. The van der Waals surface area contributed by atoms with Crippen LogP contribution in [-0.2, 0) is 0 Å². The standard InChI is InChI=1S/C9H13FN4.C4H10/c1-13(2)6-9(12)14-5-7(10)3-4-8(14)11;1-4(2)3/h3-5,11-12H,6H2,1-2H3;4H,1-3H3. The molecule has 0 radical (unpaired) electrons. The van der Waals surface area contributed by atoms with Crippen molar-refractivity contribution in [2.24, 2.45) is 5.92 Å². The summed E-state index contributed by atoms with van der Waals surface area (Å²) in [5, 5.41) is 15.1. The van der Waals surface area contributed by atoms with E-state index in [0.717, 1.165) is 12.1 Å². The minimum Gasteiger partial charge on any atom is -0.302 e. The summed E-state index contributed by atoms with van der Waals surface area (Å²) in [6, 6.07) is 2.54. The molecule has 1 aromatic rings. The molecule has 1 heterocycles. The Balaban J connectivity index is 0.000000631. The van der Waals surface area contributed by atoms with Crippen LogP contribution in [0.25, 0.3) is 0 Å². The Bertz CT molecular complexity index is 432. The first-order valence-electron chi connectivity index (χ1n) is 5.89. The summed E-state index contributed by atoms with van der Waals surface area (Å²) >= 11 is 0. The van der Waals surface area contributed by atoms with Gasteiger partial charge in [-0.2, -0.15) is 0 Å². The van der Waals surface area contributed by atoms with Gasteiger partial charge in [-0.3, -0.25) is 15.4 Å². The summed E-state index contributed by atoms with van der Waals surface area (Å²) in [6.45, 7) is 6.88. The van der Waals surface area contributed by atoms with E-state index in [0.29, 0.717) is 6.54 Å². The molecule has 0 aliphatic carbocycles. The number of nitrogens with one attached hydrogen (secondary N) is 2. The third-order valence-electron chi connectivity index (χ3n) is 1.67. The van der Waals surface area contributed by atoms with Gasteiger partial charge in [0.05, 0.1) is 6.54 Å². The monoisotopic (exact) mass is 254 g/mol. The van der Waals surface area contributed by atoms with Gasteiger partial charge in [0, 0.05) is 6.20 Å². The molecule has 0 atom stereocenters. The lowest BCUT2D eigenvalue weighted by Gasteiger charge is -2.13. The van der Waals surface area contributed by atoms with E-state index in [9.17, 15) is 4.39 Å². The van der Waals surface area contributed by atoms with Gasteiger partial charge in [-0.25, -0.2) is 4.39 Å². The normalized spacial score (nSPS) is 10.2. The molecule has 0 saturated heterocycles. The SMILES string of the molecule is CC(C)C.CN(C)CC(=N)n1cc(F)ccc1=N. The molecule has 0 spiro atoms. The maximum atomic E-state index is 12.8. The summed E-state index contributed by atoms with van der Waals surface area (Å²) in [7, 11) is 3.63. The van der Waals surface area contributed by atoms with Gasteiger partial charge in [0.1, 0.15) is 17.1 Å². The van der Waals surface area contributed by atoms with Crippen molar-refractivity contribution >= 4 is 5.84 Å². The van der Waals surface area contributed by atoms with E-state index in [1.54, 1.807) is 4.90 Å². The smallest absolute Gasteiger partial charge is 0.139 e. The van der Waals surface area contributed by atoms with E-state index in [2.05, 4.69) is 20.8 Å². The lowest BCUT2D eigenvalue weighted by atomic mass is 10.3. The summed E-state index contributed by atoms with van der Waals surface area (Å²) in [5.41, 5.74) is 0.109. The van der Waals surface area contributed by atoms with E-state index >= 15 is 0 Å². The van der Waals surface area contributed by atoms with Crippen molar-refractivity contribution in [3.05, 3.63) is 29.6 Å². The Morgan fingerprint density at radius 3 is 2.28 bits per heavy atom. The molecule has 0 unspecified atom stereocenters. The van der Waals surface area contributed by atoms with Gasteiger partial charge < -0.3 is 4.90 Å². The fourth-order valence-electron chi connectivity index (χ4n) is 1.07. The molecule has 18 heavy (non-hydrogen) atoms. The van der Waals surface area contributed by atoms with E-state index < -0.39 is 5.82 Å². The van der Waals surface area contributed by atoms with Gasteiger partial charge in [-0.15, -0.1) is 0 Å². The average Bonchev–Trinajstić information content (AvgIpc) is 2.19. The highest BCUT2D eigenvalue weighted by Crippen LogP contribution is 1.92. The molecule has 0 aliphatic heterocycles. The number of pyridine rings is 1. The highest BCUT2D eigenvalue weighted by Gasteiger charge is 2.03. The second kappa shape index (κ2) is 7.76. The van der Waals surface area contributed by atoms with Crippen molar-refractivity contribution in [3.8, 4) is 0 Å². The maximum absolute atomic E-state index is 12.8. The van der Waals surface area contributed by atoms with E-state index in [1.807, 2.05) is 14.1 Å². The van der Waals surface area contributed by atoms with Crippen LogP contribution in [0.15, 0.2) is 18.3 Å². The molecule has 0 bridgehead atoms. The second-order valence-electron chi connectivity index (χ2n) is 5.02. The number of rotatable bonds is 2.